The molecule has 0 spiro atoms. The minimum Gasteiger partial charge on any atom is -0.363 e. The molecule has 15 amide bonds. The van der Waals surface area contributed by atoms with Crippen molar-refractivity contribution in [3.63, 3.8) is 0 Å². The van der Waals surface area contributed by atoms with E-state index in [-0.39, 0.29) is 115 Å². The number of fused-ring (bicyclic) bond motifs is 4. The van der Waals surface area contributed by atoms with Crippen molar-refractivity contribution >= 4 is 130 Å². The molecule has 5 aliphatic carbocycles. The summed E-state index contributed by atoms with van der Waals surface area (Å²) < 4.78 is 86.6. The molecule has 834 valence electrons. The van der Waals surface area contributed by atoms with E-state index in [0.29, 0.717) is 82.8 Å². The predicted molar refractivity (Wildman–Crippen MR) is 561 cm³/mol. The molecule has 45 heteroatoms. The molecule has 0 bridgehead atoms. The molecule has 1 aromatic heterocycles. The number of primary amides is 1. The van der Waals surface area contributed by atoms with E-state index < -0.39 is 218 Å². The second-order valence-electron chi connectivity index (χ2n) is 50.5. The van der Waals surface area contributed by atoms with Crippen LogP contribution >= 0.6 is 11.3 Å². The molecule has 13 N–H and O–H groups in total. The number of likely N-dealkylation sites (tertiary alicyclic amines) is 3. The van der Waals surface area contributed by atoms with Crippen molar-refractivity contribution in [1.29, 1.82) is 0 Å². The molecule has 41 nitrogen and oxygen atoms in total. The lowest BCUT2D eigenvalue weighted by Gasteiger charge is -2.42. The van der Waals surface area contributed by atoms with Crippen molar-refractivity contribution in [2.75, 3.05) is 79.0 Å². The number of urea groups is 3. The minimum atomic E-state index is -3.69. The van der Waals surface area contributed by atoms with Crippen LogP contribution in [0.25, 0.3) is 0 Å². The number of amides is 15. The maximum atomic E-state index is 14.4. The highest BCUT2D eigenvalue weighted by atomic mass is 32.2. The Balaban J connectivity index is 0.000000227. The standard InChI is InChI=1S/C35H61N7O7S.C34H59N7O7S.C34H52N6O7S2/c1-13-15-23(27(43)30(45)36-16-14-2)37-29(44)26-25-22(35(25,11)12)19-41(26)31(46)28(34(8,9)10)39-32(47)38-24(33(5,6)7)20-40-17-18-42(21(3)4)50(40,48)49;1-19(2)41-15-14-39(49(41,47)48)18-23(32(3,4)5)37-31(46)38-27(33(6,7)8)30(45)40-17-21-24(34(21,9)10)25(40)28(43)36-22(16-20-12-13-20)26(42)29(44)35-11;1-7-8-12-21(26(41)28(35)42)36-29(43)25-24-20(33(24,5)6)17-40(25)30(44)27(32(2,3)4)37-31(45)38-34(14-10-9-11-15-34)19-39-18-22-23(13-16-48-22)49(39,46)47/h14,21-26,28H,2,13,15-20H2,1,3-12H3,(H,36,45)(H,37,44)(H2,38,39,47);19-25,27H,12-18H2,1-11H3,(H,35,44)(H,36,43)(H2,37,38,46);13,16,20-21,24-25,27H,7-12,14-15,17-19H2,1-6H3,(H2,35,42)(H,36,43)(H2,37,38,45)/t22-,23?,24+,25-,26-,28+;21-,22?,23+,24-,25-,27+;20-,21?,24-,25-,27+/m000/s1. The number of piperidine rings is 3. The first-order chi connectivity index (χ1) is 68.2. The number of carbonyl (C=O) groups is 15. The first-order valence-electron chi connectivity index (χ1n) is 52.9. The van der Waals surface area contributed by atoms with Gasteiger partial charge in [0, 0.05) is 115 Å². The highest BCUT2D eigenvalue weighted by molar-refractivity contribution is 7.89. The maximum Gasteiger partial charge on any atom is 0.315 e. The molecule has 5 saturated heterocycles. The third kappa shape index (κ3) is 26.9. The van der Waals surface area contributed by atoms with Crippen LogP contribution in [0, 0.1) is 84.7 Å². The molecule has 10 fully saturated rings. The summed E-state index contributed by atoms with van der Waals surface area (Å²) in [5.41, 5.74) is 0.539. The van der Waals surface area contributed by atoms with E-state index in [9.17, 15) is 97.2 Å². The molecule has 5 saturated carbocycles. The van der Waals surface area contributed by atoms with Gasteiger partial charge in [0.2, 0.25) is 62.8 Å². The predicted octanol–water partition coefficient (Wildman–Crippen LogP) is 6.38. The number of nitrogens with one attached hydrogen (secondary N) is 11. The maximum absolute atomic E-state index is 14.4. The SMILES string of the molecule is C=CCNC(=O)C(=O)C(CCC)NC(=O)[C@@H]1[C@@H]2[C@H](CN1C(=O)[C@@H](NC(=O)N[C@H](CN1CCN(C(C)C)S1(=O)=O)C(C)(C)C)C(C)(C)C)C2(C)C.CCCCC(NC(=O)[C@@H]1[C@@H]2[C@H](CN1C(=O)[C@@H](NC(=O)NC1(CN3Cc4sccc4S3(=O)=O)CCCCC1)C(C)(C)C)C2(C)C)C(=O)C(N)=O.CNC(=O)C(=O)C(CC1CC1)NC(=O)[C@@H]1[C@@H]2[C@H](CN1C(=O)[C@@H](NC(=O)N[C@H](CN1CCN(C(C)C)S1(=O)=O)C(C)(C)C)C(C)(C)C)C2(C)C. The van der Waals surface area contributed by atoms with Crippen LogP contribution in [0.5, 0.6) is 0 Å². The zero-order valence-corrected chi connectivity index (χ0v) is 95.8. The number of unbranched alkanes of at least 4 members (excludes halogenated alkanes) is 1. The molecular formula is C103H172N20O21S4. The lowest BCUT2D eigenvalue weighted by molar-refractivity contribution is -0.145. The summed E-state index contributed by atoms with van der Waals surface area (Å²) in [6, 6.07) is -10.6. The molecule has 0 radical (unpaired) electrons. The van der Waals surface area contributed by atoms with Crippen LogP contribution in [0.3, 0.4) is 0 Å². The van der Waals surface area contributed by atoms with Gasteiger partial charge in [-0.15, -0.1) is 17.9 Å². The molecule has 1 aromatic rings. The number of carbonyl (C=O) groups excluding carboxylic acids is 15. The monoisotopic (exact) mass is 2150 g/mol. The summed E-state index contributed by atoms with van der Waals surface area (Å²) in [6.07, 6.45) is 9.92. The molecule has 6 aliphatic heterocycles. The fourth-order valence-corrected chi connectivity index (χ4v) is 29.5. The Morgan fingerprint density at radius 2 is 0.872 bits per heavy atom. The summed E-state index contributed by atoms with van der Waals surface area (Å²) in [6.45, 7) is 57.8. The van der Waals surface area contributed by atoms with Gasteiger partial charge in [-0.1, -0.05) is 217 Å². The minimum absolute atomic E-state index is 0.0472. The Bertz CT molecular complexity index is 5510. The quantitative estimate of drug-likeness (QED) is 0.0252. The third-order valence-electron chi connectivity index (χ3n) is 32.7. The van der Waals surface area contributed by atoms with E-state index in [1.165, 1.54) is 60.7 Å². The van der Waals surface area contributed by atoms with E-state index in [1.54, 1.807) is 11.4 Å². The number of sulfonamides is 1. The Hall–Kier alpha value is -8.86. The normalized spacial score (nSPS) is 25.9. The highest BCUT2D eigenvalue weighted by Gasteiger charge is 2.73. The number of nitrogens with zero attached hydrogens (tertiary/aromatic N) is 8. The fourth-order valence-electron chi connectivity index (χ4n) is 22.9. The van der Waals surface area contributed by atoms with Crippen LogP contribution in [0.15, 0.2) is 29.0 Å². The molecule has 3 unspecified atom stereocenters. The summed E-state index contributed by atoms with van der Waals surface area (Å²) in [5, 5.41) is 32.6. The second kappa shape index (κ2) is 45.8. The van der Waals surface area contributed by atoms with Gasteiger partial charge >= 0.3 is 18.1 Å². The van der Waals surface area contributed by atoms with Gasteiger partial charge in [0.25, 0.3) is 38.1 Å². The average molecular weight is 2150 g/mol. The summed E-state index contributed by atoms with van der Waals surface area (Å²) >= 11 is 1.40. The van der Waals surface area contributed by atoms with E-state index in [1.807, 2.05) is 173 Å². The number of Topliss-reactive ketones (excluding diaryl/α,β-unsaturated/α-hetero) is 3. The Morgan fingerprint density at radius 1 is 0.486 bits per heavy atom. The van der Waals surface area contributed by atoms with Crippen molar-refractivity contribution < 1.29 is 97.2 Å². The van der Waals surface area contributed by atoms with Crippen molar-refractivity contribution in [2.24, 2.45) is 90.5 Å². The van der Waals surface area contributed by atoms with Gasteiger partial charge in [-0.3, -0.25) is 57.5 Å². The molecule has 148 heavy (non-hydrogen) atoms. The van der Waals surface area contributed by atoms with Crippen molar-refractivity contribution in [2.45, 2.75) is 366 Å². The van der Waals surface area contributed by atoms with E-state index in [4.69, 9.17) is 5.73 Å². The number of hydrogen-bond acceptors (Lipinski definition) is 22. The van der Waals surface area contributed by atoms with Gasteiger partial charge in [-0.2, -0.15) is 38.4 Å². The van der Waals surface area contributed by atoms with E-state index in [0.717, 1.165) is 43.4 Å². The first-order valence-corrected chi connectivity index (χ1v) is 58.0. The number of thiophene rings is 1. The zero-order valence-electron chi connectivity index (χ0n) is 92.5. The van der Waals surface area contributed by atoms with Crippen LogP contribution in [0.4, 0.5) is 14.4 Å². The van der Waals surface area contributed by atoms with Crippen molar-refractivity contribution in [1.82, 2.24) is 94.7 Å². The van der Waals surface area contributed by atoms with Gasteiger partial charge in [-0.05, 0) is 156 Å². The fraction of sp³-hybridized carbons (Fsp3) is 0.796. The van der Waals surface area contributed by atoms with E-state index >= 15 is 0 Å². The van der Waals surface area contributed by atoms with Crippen LogP contribution < -0.4 is 64.2 Å². The Kier molecular flexibility index (Phi) is 37.5. The van der Waals surface area contributed by atoms with Gasteiger partial charge in [0.15, 0.2) is 0 Å². The van der Waals surface area contributed by atoms with Gasteiger partial charge < -0.3 is 78.9 Å². The molecule has 0 aromatic carbocycles. The number of rotatable bonds is 38. The number of nitrogens with two attached hydrogens (primary N) is 1. The molecule has 11 aliphatic rings. The summed E-state index contributed by atoms with van der Waals surface area (Å²) in [4.78, 5) is 207. The first kappa shape index (κ1) is 121. The lowest BCUT2D eigenvalue weighted by Crippen LogP contribution is -2.64. The Labute approximate surface area is 881 Å². The number of hydrogen-bond donors (Lipinski definition) is 12. The molecule has 17 atom stereocenters. The average Bonchev–Trinajstić information content (AvgIpc) is 1.53. The topological polar surface area (TPSA) is 543 Å². The Morgan fingerprint density at radius 3 is 1.21 bits per heavy atom. The van der Waals surface area contributed by atoms with Gasteiger partial charge in [-0.25, -0.2) is 22.8 Å². The van der Waals surface area contributed by atoms with Gasteiger partial charge in [0.1, 0.15) is 36.3 Å². The summed E-state index contributed by atoms with van der Waals surface area (Å²) in [5.74, 6) is -7.83. The molecule has 7 heterocycles. The van der Waals surface area contributed by atoms with Crippen molar-refractivity contribution in [3.8, 4) is 0 Å². The van der Waals surface area contributed by atoms with Crippen LogP contribution in [-0.4, -0.2) is 313 Å². The highest BCUT2D eigenvalue weighted by Crippen LogP contribution is 2.67. The number of likely N-dealkylation sites (N-methyl/N-ethyl adjacent to an activating group) is 1. The van der Waals surface area contributed by atoms with Crippen LogP contribution in [-0.2, 0) is 94.5 Å². The molecular weight excluding hydrogens is 1980 g/mol. The van der Waals surface area contributed by atoms with Gasteiger partial charge in [0.05, 0.1) is 28.6 Å². The number of ketones is 3. The second-order valence-corrected chi connectivity index (χ2v) is 57.2. The summed E-state index contributed by atoms with van der Waals surface area (Å²) in [7, 11) is -9.67. The molecule has 12 rings (SSSR count). The van der Waals surface area contributed by atoms with Crippen LogP contribution in [0.2, 0.25) is 0 Å². The van der Waals surface area contributed by atoms with E-state index in [2.05, 4.69) is 78.9 Å². The lowest BCUT2D eigenvalue weighted by atomic mass is 9.81. The third-order valence-corrected chi connectivity index (χ3v) is 40.0. The van der Waals surface area contributed by atoms with Crippen molar-refractivity contribution in [3.05, 3.63) is 29.0 Å². The largest absolute Gasteiger partial charge is 0.363 e. The van der Waals surface area contributed by atoms with Crippen LogP contribution in [0.1, 0.15) is 275 Å². The smallest absolute Gasteiger partial charge is 0.315 e. The zero-order chi connectivity index (χ0) is 111.